The second kappa shape index (κ2) is 16.5. The molecule has 0 unspecified atom stereocenters. The quantitative estimate of drug-likeness (QED) is 0.171. The molecule has 0 bridgehead atoms. The summed E-state index contributed by atoms with van der Waals surface area (Å²) in [6, 6.07) is 0. The summed E-state index contributed by atoms with van der Waals surface area (Å²) in [5.41, 5.74) is -0.664. The molecular weight excluding hydrogens is 412 g/mol. The molecule has 0 aromatic heterocycles. The van der Waals surface area contributed by atoms with Crippen molar-refractivity contribution in [2.75, 3.05) is 81.3 Å². The predicted molar refractivity (Wildman–Crippen MR) is 114 cm³/mol. The zero-order valence-corrected chi connectivity index (χ0v) is 20.6. The van der Waals surface area contributed by atoms with E-state index >= 15 is 0 Å². The molecule has 9 nitrogen and oxygen atoms in total. The SMILES string of the molecule is COCCOCCO[SiH2]C(CC1CCC(O)(OCCOCCOC)CC1)(OC)OC. The van der Waals surface area contributed by atoms with Crippen molar-refractivity contribution in [3.05, 3.63) is 0 Å². The Kier molecular flexibility index (Phi) is 15.3. The Morgan fingerprint density at radius 1 is 0.800 bits per heavy atom. The van der Waals surface area contributed by atoms with Crippen LogP contribution in [-0.2, 0) is 37.6 Å². The van der Waals surface area contributed by atoms with Crippen LogP contribution in [0.5, 0.6) is 0 Å². The fourth-order valence-corrected chi connectivity index (χ4v) is 4.80. The van der Waals surface area contributed by atoms with Gasteiger partial charge in [0.05, 0.1) is 52.9 Å². The van der Waals surface area contributed by atoms with Gasteiger partial charge in [0, 0.05) is 47.7 Å². The molecular formula is C20H42O9Si. The molecule has 1 rings (SSSR count). The topological polar surface area (TPSA) is 94.1 Å². The Hall–Kier alpha value is -0.143. The van der Waals surface area contributed by atoms with Gasteiger partial charge in [0.2, 0.25) is 9.76 Å². The first-order chi connectivity index (χ1) is 14.5. The highest BCUT2D eigenvalue weighted by atomic mass is 28.2. The van der Waals surface area contributed by atoms with Gasteiger partial charge < -0.3 is 42.7 Å². The summed E-state index contributed by atoms with van der Waals surface area (Å²) in [6.45, 7) is 4.10. The number of aliphatic hydroxyl groups is 1. The van der Waals surface area contributed by atoms with Gasteiger partial charge in [-0.3, -0.25) is 0 Å². The third-order valence-electron chi connectivity index (χ3n) is 5.39. The molecule has 0 radical (unpaired) electrons. The highest BCUT2D eigenvalue weighted by molar-refractivity contribution is 6.31. The van der Waals surface area contributed by atoms with Crippen molar-refractivity contribution in [3.8, 4) is 0 Å². The van der Waals surface area contributed by atoms with E-state index in [2.05, 4.69) is 0 Å². The zero-order chi connectivity index (χ0) is 22.1. The summed E-state index contributed by atoms with van der Waals surface area (Å²) in [5.74, 6) is -0.682. The molecule has 1 aliphatic rings. The predicted octanol–water partition coefficient (Wildman–Crippen LogP) is 0.645. The molecule has 1 N–H and O–H groups in total. The molecule has 0 heterocycles. The Bertz CT molecular complexity index is 402. The molecule has 0 saturated heterocycles. The normalized spacial score (nSPS) is 22.9. The molecule has 1 saturated carbocycles. The lowest BCUT2D eigenvalue weighted by Crippen LogP contribution is -2.46. The van der Waals surface area contributed by atoms with Crippen LogP contribution in [0.3, 0.4) is 0 Å². The molecule has 30 heavy (non-hydrogen) atoms. The lowest BCUT2D eigenvalue weighted by molar-refractivity contribution is -0.234. The Balaban J connectivity index is 2.29. The smallest absolute Gasteiger partial charge is 0.227 e. The highest BCUT2D eigenvalue weighted by Crippen LogP contribution is 2.37. The molecule has 0 amide bonds. The van der Waals surface area contributed by atoms with E-state index in [4.69, 9.17) is 37.6 Å². The minimum atomic E-state index is -1.09. The molecule has 10 heteroatoms. The van der Waals surface area contributed by atoms with E-state index < -0.39 is 21.0 Å². The molecule has 1 aliphatic carbocycles. The summed E-state index contributed by atoms with van der Waals surface area (Å²) in [6.07, 6.45) is 3.64. The van der Waals surface area contributed by atoms with Crippen LogP contribution in [-0.4, -0.2) is 107 Å². The van der Waals surface area contributed by atoms with E-state index in [1.165, 1.54) is 0 Å². The molecule has 0 atom stereocenters. The van der Waals surface area contributed by atoms with E-state index in [1.54, 1.807) is 28.4 Å². The minimum absolute atomic E-state index is 0.373. The number of methoxy groups -OCH3 is 4. The third-order valence-corrected chi connectivity index (χ3v) is 7.18. The number of hydrogen-bond acceptors (Lipinski definition) is 9. The van der Waals surface area contributed by atoms with Crippen molar-refractivity contribution in [1.82, 2.24) is 0 Å². The first-order valence-corrected chi connectivity index (χ1v) is 12.0. The highest BCUT2D eigenvalue weighted by Gasteiger charge is 2.39. The maximum absolute atomic E-state index is 10.7. The van der Waals surface area contributed by atoms with E-state index in [1.807, 2.05) is 0 Å². The summed E-state index contributed by atoms with van der Waals surface area (Å²) in [7, 11) is 5.52. The van der Waals surface area contributed by atoms with Crippen LogP contribution in [0.2, 0.25) is 0 Å². The first-order valence-electron chi connectivity index (χ1n) is 10.7. The van der Waals surface area contributed by atoms with E-state index in [9.17, 15) is 5.11 Å². The zero-order valence-electron chi connectivity index (χ0n) is 19.2. The van der Waals surface area contributed by atoms with E-state index in [0.29, 0.717) is 71.6 Å². The van der Waals surface area contributed by atoms with Gasteiger partial charge in [-0.25, -0.2) is 0 Å². The van der Waals surface area contributed by atoms with Crippen molar-refractivity contribution >= 4 is 9.76 Å². The Morgan fingerprint density at radius 2 is 1.33 bits per heavy atom. The maximum Gasteiger partial charge on any atom is 0.227 e. The number of ether oxygens (including phenoxy) is 7. The van der Waals surface area contributed by atoms with Crippen molar-refractivity contribution in [2.45, 2.75) is 43.3 Å². The van der Waals surface area contributed by atoms with Gasteiger partial charge in [-0.15, -0.1) is 0 Å². The van der Waals surface area contributed by atoms with Crippen molar-refractivity contribution < 1.29 is 42.7 Å². The molecule has 0 aliphatic heterocycles. The minimum Gasteiger partial charge on any atom is -0.415 e. The van der Waals surface area contributed by atoms with Gasteiger partial charge in [0.1, 0.15) is 0 Å². The first kappa shape index (κ1) is 27.9. The number of rotatable bonds is 19. The van der Waals surface area contributed by atoms with Crippen LogP contribution >= 0.6 is 0 Å². The van der Waals surface area contributed by atoms with Gasteiger partial charge in [0.15, 0.2) is 11.2 Å². The molecule has 180 valence electrons. The second-order valence-electron chi connectivity index (χ2n) is 7.52. The largest absolute Gasteiger partial charge is 0.415 e. The molecule has 1 fully saturated rings. The molecule has 0 spiro atoms. The Labute approximate surface area is 183 Å². The van der Waals surface area contributed by atoms with Crippen molar-refractivity contribution in [3.63, 3.8) is 0 Å². The van der Waals surface area contributed by atoms with Gasteiger partial charge in [-0.05, 0) is 18.8 Å². The second-order valence-corrected chi connectivity index (χ2v) is 9.30. The summed E-state index contributed by atoms with van der Waals surface area (Å²) in [4.78, 5) is 0. The van der Waals surface area contributed by atoms with E-state index in [0.717, 1.165) is 19.3 Å². The summed E-state index contributed by atoms with van der Waals surface area (Å²) >= 11 is 0. The van der Waals surface area contributed by atoms with Crippen LogP contribution in [0.25, 0.3) is 0 Å². The van der Waals surface area contributed by atoms with Gasteiger partial charge in [0.25, 0.3) is 0 Å². The van der Waals surface area contributed by atoms with Crippen molar-refractivity contribution in [2.24, 2.45) is 5.92 Å². The Morgan fingerprint density at radius 3 is 1.87 bits per heavy atom. The summed E-state index contributed by atoms with van der Waals surface area (Å²) in [5, 5.41) is 10.7. The van der Waals surface area contributed by atoms with Crippen LogP contribution < -0.4 is 0 Å². The van der Waals surface area contributed by atoms with Crippen LogP contribution in [0.4, 0.5) is 0 Å². The average molecular weight is 455 g/mol. The lowest BCUT2D eigenvalue weighted by Gasteiger charge is -2.39. The monoisotopic (exact) mass is 454 g/mol. The molecule has 0 aromatic carbocycles. The number of hydrogen-bond donors (Lipinski definition) is 1. The summed E-state index contributed by atoms with van der Waals surface area (Å²) < 4.78 is 43.7. The fraction of sp³-hybridized carbons (Fsp3) is 1.00. The third kappa shape index (κ3) is 11.5. The fourth-order valence-electron chi connectivity index (χ4n) is 3.47. The average Bonchev–Trinajstić information content (AvgIpc) is 2.76. The standard InChI is InChI=1S/C20H42O9Si/c1-22-9-11-26-13-15-28-19(21)7-5-18(6-8-19)17-20(24-3,25-4)30-29-16-14-27-12-10-23-2/h18,21H,5-17,30H2,1-4H3. The maximum atomic E-state index is 10.7. The van der Waals surface area contributed by atoms with E-state index in [-0.39, 0.29) is 0 Å². The van der Waals surface area contributed by atoms with Gasteiger partial charge in [-0.1, -0.05) is 0 Å². The lowest BCUT2D eigenvalue weighted by atomic mass is 9.83. The van der Waals surface area contributed by atoms with Crippen LogP contribution in [0, 0.1) is 5.92 Å². The van der Waals surface area contributed by atoms with Gasteiger partial charge >= 0.3 is 0 Å². The van der Waals surface area contributed by atoms with Gasteiger partial charge in [-0.2, -0.15) is 0 Å². The van der Waals surface area contributed by atoms with Crippen molar-refractivity contribution in [1.29, 1.82) is 0 Å². The van der Waals surface area contributed by atoms with Crippen LogP contribution in [0.15, 0.2) is 0 Å². The molecule has 0 aromatic rings. The van der Waals surface area contributed by atoms with Crippen LogP contribution in [0.1, 0.15) is 32.1 Å².